The van der Waals surface area contributed by atoms with Crippen LogP contribution in [0.2, 0.25) is 10.0 Å². The molecule has 172 valence electrons. The summed E-state index contributed by atoms with van der Waals surface area (Å²) in [6.45, 7) is 2.89. The van der Waals surface area contributed by atoms with Crippen molar-refractivity contribution >= 4 is 40.8 Å². The third kappa shape index (κ3) is 5.72. The van der Waals surface area contributed by atoms with Crippen molar-refractivity contribution in [2.24, 2.45) is 0 Å². The summed E-state index contributed by atoms with van der Waals surface area (Å²) in [6.07, 6.45) is 1.63. The highest BCUT2D eigenvalue weighted by atomic mass is 35.5. The number of nitrogens with one attached hydrogen (secondary N) is 2. The van der Waals surface area contributed by atoms with Crippen molar-refractivity contribution in [1.29, 1.82) is 0 Å². The first-order valence-corrected chi connectivity index (χ1v) is 11.2. The number of rotatable bonds is 7. The van der Waals surface area contributed by atoms with E-state index < -0.39 is 12.0 Å². The zero-order chi connectivity index (χ0) is 23.4. The maximum atomic E-state index is 11.3. The fraction of sp³-hybridized carbons (Fsp3) is 0.261. The van der Waals surface area contributed by atoms with Crippen molar-refractivity contribution < 1.29 is 9.90 Å². The van der Waals surface area contributed by atoms with E-state index in [9.17, 15) is 9.90 Å². The van der Waals surface area contributed by atoms with Crippen molar-refractivity contribution in [3.05, 3.63) is 69.8 Å². The van der Waals surface area contributed by atoms with Crippen molar-refractivity contribution in [3.63, 3.8) is 0 Å². The van der Waals surface area contributed by atoms with Gasteiger partial charge in [-0.2, -0.15) is 0 Å². The lowest BCUT2D eigenvalue weighted by Gasteiger charge is -2.31. The van der Waals surface area contributed by atoms with Gasteiger partial charge in [-0.25, -0.2) is 9.97 Å². The van der Waals surface area contributed by atoms with E-state index in [-0.39, 0.29) is 5.82 Å². The number of nitrogens with two attached hydrogens (primary N) is 1. The van der Waals surface area contributed by atoms with E-state index in [1.165, 1.54) is 0 Å². The molecule has 0 saturated carbocycles. The second-order valence-electron chi connectivity index (χ2n) is 7.82. The Kier molecular flexibility index (Phi) is 7.29. The molecule has 0 radical (unpaired) electrons. The first kappa shape index (κ1) is 23.3. The van der Waals surface area contributed by atoms with Crippen LogP contribution in [-0.2, 0) is 17.9 Å². The Hall–Kier alpha value is -2.91. The summed E-state index contributed by atoms with van der Waals surface area (Å²) in [5, 5.41) is 16.6. The highest BCUT2D eigenvalue weighted by molar-refractivity contribution is 6.36. The molecule has 2 heterocycles. The van der Waals surface area contributed by atoms with Crippen LogP contribution in [0.4, 0.5) is 11.6 Å². The second kappa shape index (κ2) is 10.4. The van der Waals surface area contributed by atoms with Crippen LogP contribution in [0.1, 0.15) is 11.1 Å². The molecule has 1 saturated heterocycles. The summed E-state index contributed by atoms with van der Waals surface area (Å²) < 4.78 is 0. The number of benzene rings is 2. The summed E-state index contributed by atoms with van der Waals surface area (Å²) in [5.41, 5.74) is 9.42. The van der Waals surface area contributed by atoms with E-state index in [2.05, 4.69) is 25.5 Å². The molecule has 1 fully saturated rings. The number of anilines is 2. The molecule has 0 spiro atoms. The lowest BCUT2D eigenvalue weighted by Crippen LogP contribution is -2.53. The molecule has 33 heavy (non-hydrogen) atoms. The highest BCUT2D eigenvalue weighted by Crippen LogP contribution is 2.27. The highest BCUT2D eigenvalue weighted by Gasteiger charge is 2.24. The molecule has 0 bridgehead atoms. The van der Waals surface area contributed by atoms with E-state index >= 15 is 0 Å². The van der Waals surface area contributed by atoms with Crippen molar-refractivity contribution in [1.82, 2.24) is 20.2 Å². The van der Waals surface area contributed by atoms with Gasteiger partial charge in [-0.15, -0.1) is 0 Å². The minimum absolute atomic E-state index is 0.276. The second-order valence-corrected chi connectivity index (χ2v) is 8.64. The lowest BCUT2D eigenvalue weighted by atomic mass is 10.1. The minimum Gasteiger partial charge on any atom is -0.480 e. The summed E-state index contributed by atoms with van der Waals surface area (Å²) >= 11 is 12.5. The number of carboxylic acids is 1. The molecular formula is C23H24Cl2N6O2. The normalized spacial score (nSPS) is 16.5. The fourth-order valence-corrected chi connectivity index (χ4v) is 4.28. The first-order chi connectivity index (χ1) is 15.9. The molecule has 4 rings (SSSR count). The Morgan fingerprint density at radius 1 is 1.24 bits per heavy atom. The number of aliphatic carboxylic acids is 1. The minimum atomic E-state index is -0.830. The quantitative estimate of drug-likeness (QED) is 0.400. The van der Waals surface area contributed by atoms with Gasteiger partial charge in [0.25, 0.3) is 0 Å². The summed E-state index contributed by atoms with van der Waals surface area (Å²) in [7, 11) is 0. The van der Waals surface area contributed by atoms with Crippen LogP contribution in [0.25, 0.3) is 11.3 Å². The van der Waals surface area contributed by atoms with Gasteiger partial charge in [-0.05, 0) is 23.8 Å². The van der Waals surface area contributed by atoms with E-state index in [1.54, 1.807) is 24.4 Å². The molecule has 0 amide bonds. The van der Waals surface area contributed by atoms with E-state index in [0.717, 1.165) is 23.2 Å². The number of hydrogen-bond acceptors (Lipinski definition) is 7. The van der Waals surface area contributed by atoms with Gasteiger partial charge in [0.1, 0.15) is 6.04 Å². The summed E-state index contributed by atoms with van der Waals surface area (Å²) in [5.74, 6) is -0.109. The average molecular weight is 487 g/mol. The Morgan fingerprint density at radius 2 is 2.00 bits per heavy atom. The van der Waals surface area contributed by atoms with E-state index in [0.29, 0.717) is 47.7 Å². The molecule has 1 aliphatic heterocycles. The summed E-state index contributed by atoms with van der Waals surface area (Å²) in [6, 6.07) is 12.8. The Labute approximate surface area is 201 Å². The van der Waals surface area contributed by atoms with Gasteiger partial charge in [0.05, 0.1) is 11.9 Å². The van der Waals surface area contributed by atoms with Crippen LogP contribution in [0, 0.1) is 0 Å². The molecule has 1 aromatic heterocycles. The lowest BCUT2D eigenvalue weighted by molar-refractivity contribution is -0.140. The van der Waals surface area contributed by atoms with Crippen molar-refractivity contribution in [3.8, 4) is 11.3 Å². The fourth-order valence-electron chi connectivity index (χ4n) is 3.75. The van der Waals surface area contributed by atoms with Crippen LogP contribution in [0.15, 0.2) is 48.7 Å². The number of carboxylic acid groups (broad SMARTS) is 1. The first-order valence-electron chi connectivity index (χ1n) is 10.5. The van der Waals surface area contributed by atoms with Crippen LogP contribution < -0.4 is 16.4 Å². The summed E-state index contributed by atoms with van der Waals surface area (Å²) in [4.78, 5) is 22.4. The number of piperazine rings is 1. The van der Waals surface area contributed by atoms with Crippen LogP contribution in [0.3, 0.4) is 0 Å². The van der Waals surface area contributed by atoms with Gasteiger partial charge in [-0.3, -0.25) is 9.69 Å². The Morgan fingerprint density at radius 3 is 2.76 bits per heavy atom. The maximum Gasteiger partial charge on any atom is 0.322 e. The molecular weight excluding hydrogens is 463 g/mol. The zero-order valence-electron chi connectivity index (χ0n) is 17.8. The molecule has 5 N–H and O–H groups in total. The largest absolute Gasteiger partial charge is 0.480 e. The van der Waals surface area contributed by atoms with Gasteiger partial charge >= 0.3 is 5.97 Å². The molecule has 10 heteroatoms. The predicted molar refractivity (Wildman–Crippen MR) is 130 cm³/mol. The van der Waals surface area contributed by atoms with Crippen molar-refractivity contribution in [2.45, 2.75) is 19.1 Å². The van der Waals surface area contributed by atoms with Crippen LogP contribution in [0.5, 0.6) is 0 Å². The maximum absolute atomic E-state index is 11.3. The predicted octanol–water partition coefficient (Wildman–Crippen LogP) is 3.50. The van der Waals surface area contributed by atoms with Crippen LogP contribution in [-0.4, -0.2) is 51.6 Å². The van der Waals surface area contributed by atoms with Crippen molar-refractivity contribution in [2.75, 3.05) is 30.7 Å². The zero-order valence-corrected chi connectivity index (χ0v) is 19.3. The van der Waals surface area contributed by atoms with Gasteiger partial charge in [0, 0.05) is 53.9 Å². The molecule has 0 aliphatic carbocycles. The molecule has 8 nitrogen and oxygen atoms in total. The van der Waals surface area contributed by atoms with Gasteiger partial charge in [0.2, 0.25) is 0 Å². The number of nitrogen functional groups attached to an aromatic ring is 1. The van der Waals surface area contributed by atoms with Crippen LogP contribution >= 0.6 is 23.2 Å². The standard InChI is InChI=1S/C23H24Cl2N6O2/c24-17-5-2-6-18(25)16(17)10-29-22-21(26)28-11-19(30-22)15-4-1-3-14(9-15)12-31-8-7-27-20(13-31)23(32)33/h1-6,9,11,20,27H,7-8,10,12-13H2,(H2,26,28)(H,29,30)(H,32,33)/t20-/m1/s1. The third-order valence-corrected chi connectivity index (χ3v) is 6.19. The third-order valence-electron chi connectivity index (χ3n) is 5.48. The molecule has 0 unspecified atom stereocenters. The Bertz CT molecular complexity index is 1140. The Balaban J connectivity index is 1.50. The van der Waals surface area contributed by atoms with E-state index in [4.69, 9.17) is 28.9 Å². The van der Waals surface area contributed by atoms with Gasteiger partial charge in [0.15, 0.2) is 11.6 Å². The monoisotopic (exact) mass is 486 g/mol. The molecule has 1 atom stereocenters. The van der Waals surface area contributed by atoms with E-state index in [1.807, 2.05) is 24.3 Å². The number of halogens is 2. The number of carbonyl (C=O) groups is 1. The molecule has 2 aromatic carbocycles. The number of nitrogens with zero attached hydrogens (tertiary/aromatic N) is 3. The molecule has 1 aliphatic rings. The van der Waals surface area contributed by atoms with Gasteiger partial charge < -0.3 is 21.5 Å². The van der Waals surface area contributed by atoms with Gasteiger partial charge in [-0.1, -0.05) is 47.5 Å². The topological polar surface area (TPSA) is 116 Å². The smallest absolute Gasteiger partial charge is 0.322 e. The number of hydrogen-bond donors (Lipinski definition) is 4. The SMILES string of the molecule is Nc1ncc(-c2cccc(CN3CCN[C@@H](C(=O)O)C3)c2)nc1NCc1c(Cl)cccc1Cl. The number of aromatic nitrogens is 2. The average Bonchev–Trinajstić information content (AvgIpc) is 2.80. The molecule has 3 aromatic rings.